The standard InChI is InChI=1S/C25H20Cl2N2OS/c1-2-6-22-23(19-13-14-20(26)21(27)15-19)28-25(31-22)29-24(30)18-11-9-17(10-12-18)16-7-4-3-5-8-16/h3-5,7-15H,2,6H2,1H3,(H,28,29,30). The Morgan fingerprint density at radius 2 is 1.58 bits per heavy atom. The zero-order chi connectivity index (χ0) is 21.8. The quantitative estimate of drug-likeness (QED) is 0.312. The van der Waals surface area contributed by atoms with Gasteiger partial charge >= 0.3 is 0 Å². The molecule has 0 unspecified atom stereocenters. The van der Waals surface area contributed by atoms with Gasteiger partial charge in [-0.3, -0.25) is 10.1 Å². The highest BCUT2D eigenvalue weighted by molar-refractivity contribution is 7.16. The topological polar surface area (TPSA) is 42.0 Å². The summed E-state index contributed by atoms with van der Waals surface area (Å²) in [6.07, 6.45) is 1.85. The fourth-order valence-electron chi connectivity index (χ4n) is 3.28. The van der Waals surface area contributed by atoms with Gasteiger partial charge in [0.1, 0.15) is 0 Å². The first-order valence-electron chi connectivity index (χ1n) is 9.97. The Labute approximate surface area is 195 Å². The summed E-state index contributed by atoms with van der Waals surface area (Å²) in [5.74, 6) is -0.183. The molecule has 4 rings (SSSR count). The molecule has 0 aliphatic carbocycles. The number of carbonyl (C=O) groups is 1. The van der Waals surface area contributed by atoms with Crippen LogP contribution in [0.5, 0.6) is 0 Å². The lowest BCUT2D eigenvalue weighted by atomic mass is 10.0. The summed E-state index contributed by atoms with van der Waals surface area (Å²) in [7, 11) is 0. The van der Waals surface area contributed by atoms with E-state index in [0.717, 1.165) is 40.1 Å². The second-order valence-corrected chi connectivity index (χ2v) is 8.97. The second-order valence-electron chi connectivity index (χ2n) is 7.07. The monoisotopic (exact) mass is 466 g/mol. The maximum atomic E-state index is 12.8. The lowest BCUT2D eigenvalue weighted by Gasteiger charge is -2.05. The van der Waals surface area contributed by atoms with Gasteiger partial charge < -0.3 is 0 Å². The largest absolute Gasteiger partial charge is 0.298 e. The molecule has 156 valence electrons. The average molecular weight is 467 g/mol. The van der Waals surface area contributed by atoms with Crippen LogP contribution >= 0.6 is 34.5 Å². The van der Waals surface area contributed by atoms with E-state index in [1.165, 1.54) is 11.3 Å². The number of nitrogens with zero attached hydrogens (tertiary/aromatic N) is 1. The van der Waals surface area contributed by atoms with Gasteiger partial charge in [-0.25, -0.2) is 4.98 Å². The predicted molar refractivity (Wildman–Crippen MR) is 131 cm³/mol. The smallest absolute Gasteiger partial charge is 0.257 e. The van der Waals surface area contributed by atoms with Crippen molar-refractivity contribution in [2.45, 2.75) is 19.8 Å². The molecule has 0 saturated carbocycles. The molecule has 1 heterocycles. The molecule has 1 N–H and O–H groups in total. The average Bonchev–Trinajstić information content (AvgIpc) is 3.19. The number of anilines is 1. The van der Waals surface area contributed by atoms with E-state index >= 15 is 0 Å². The van der Waals surface area contributed by atoms with Gasteiger partial charge in [0.2, 0.25) is 0 Å². The minimum atomic E-state index is -0.183. The van der Waals surface area contributed by atoms with Crippen molar-refractivity contribution in [2.24, 2.45) is 0 Å². The van der Waals surface area contributed by atoms with Crippen molar-refractivity contribution in [1.29, 1.82) is 0 Å². The number of aromatic nitrogens is 1. The van der Waals surface area contributed by atoms with Crippen LogP contribution in [0.4, 0.5) is 5.13 Å². The third-order valence-electron chi connectivity index (χ3n) is 4.84. The van der Waals surface area contributed by atoms with E-state index in [0.29, 0.717) is 20.7 Å². The van der Waals surface area contributed by atoms with Crippen LogP contribution in [0.3, 0.4) is 0 Å². The van der Waals surface area contributed by atoms with Crippen LogP contribution < -0.4 is 5.32 Å². The third kappa shape index (κ3) is 4.99. The molecular formula is C25H20Cl2N2OS. The summed E-state index contributed by atoms with van der Waals surface area (Å²) in [5, 5.41) is 4.50. The summed E-state index contributed by atoms with van der Waals surface area (Å²) in [5.41, 5.74) is 4.49. The zero-order valence-corrected chi connectivity index (χ0v) is 19.2. The molecule has 0 saturated heterocycles. The highest BCUT2D eigenvalue weighted by Gasteiger charge is 2.16. The molecule has 1 aromatic heterocycles. The molecule has 1 amide bonds. The summed E-state index contributed by atoms with van der Waals surface area (Å²) in [6, 6.07) is 23.1. The number of amides is 1. The maximum absolute atomic E-state index is 12.8. The highest BCUT2D eigenvalue weighted by atomic mass is 35.5. The molecule has 3 aromatic carbocycles. The number of thiazole rings is 1. The maximum Gasteiger partial charge on any atom is 0.257 e. The van der Waals surface area contributed by atoms with Crippen LogP contribution in [-0.4, -0.2) is 10.9 Å². The summed E-state index contributed by atoms with van der Waals surface area (Å²) in [6.45, 7) is 2.12. The molecule has 31 heavy (non-hydrogen) atoms. The van der Waals surface area contributed by atoms with Crippen LogP contribution in [0, 0.1) is 0 Å². The first-order valence-corrected chi connectivity index (χ1v) is 11.5. The Morgan fingerprint density at radius 1 is 0.903 bits per heavy atom. The van der Waals surface area contributed by atoms with E-state index in [2.05, 4.69) is 17.2 Å². The summed E-state index contributed by atoms with van der Waals surface area (Å²) in [4.78, 5) is 18.6. The number of hydrogen-bond acceptors (Lipinski definition) is 3. The van der Waals surface area contributed by atoms with Gasteiger partial charge in [0.25, 0.3) is 5.91 Å². The van der Waals surface area contributed by atoms with Crippen molar-refractivity contribution in [3.8, 4) is 22.4 Å². The van der Waals surface area contributed by atoms with E-state index in [4.69, 9.17) is 23.2 Å². The Kier molecular flexibility index (Phi) is 6.71. The number of carbonyl (C=O) groups excluding carboxylic acids is 1. The van der Waals surface area contributed by atoms with Crippen molar-refractivity contribution < 1.29 is 4.79 Å². The first kappa shape index (κ1) is 21.6. The Bertz CT molecular complexity index is 1200. The second kappa shape index (κ2) is 9.65. The molecular weight excluding hydrogens is 447 g/mol. The van der Waals surface area contributed by atoms with Gasteiger partial charge in [0, 0.05) is 16.0 Å². The lowest BCUT2D eigenvalue weighted by molar-refractivity contribution is 0.102. The van der Waals surface area contributed by atoms with Gasteiger partial charge in [-0.05, 0) is 41.8 Å². The summed E-state index contributed by atoms with van der Waals surface area (Å²) < 4.78 is 0. The molecule has 0 aliphatic heterocycles. The van der Waals surface area contributed by atoms with Crippen LogP contribution in [0.15, 0.2) is 72.8 Å². The number of aryl methyl sites for hydroxylation is 1. The number of rotatable bonds is 6. The predicted octanol–water partition coefficient (Wildman–Crippen LogP) is 7.99. The van der Waals surface area contributed by atoms with Crippen LogP contribution in [-0.2, 0) is 6.42 Å². The Balaban J connectivity index is 1.56. The van der Waals surface area contributed by atoms with Gasteiger partial charge in [0.05, 0.1) is 15.7 Å². The molecule has 0 radical (unpaired) electrons. The minimum Gasteiger partial charge on any atom is -0.298 e. The number of halogens is 2. The van der Waals surface area contributed by atoms with Crippen molar-refractivity contribution >= 4 is 45.6 Å². The van der Waals surface area contributed by atoms with Crippen molar-refractivity contribution in [3.05, 3.63) is 93.3 Å². The van der Waals surface area contributed by atoms with Gasteiger partial charge in [-0.2, -0.15) is 0 Å². The van der Waals surface area contributed by atoms with Crippen molar-refractivity contribution in [3.63, 3.8) is 0 Å². The van der Waals surface area contributed by atoms with Gasteiger partial charge in [-0.1, -0.05) is 85.1 Å². The van der Waals surface area contributed by atoms with Gasteiger partial charge in [-0.15, -0.1) is 11.3 Å². The van der Waals surface area contributed by atoms with E-state index < -0.39 is 0 Å². The SMILES string of the molecule is CCCc1sc(NC(=O)c2ccc(-c3ccccc3)cc2)nc1-c1ccc(Cl)c(Cl)c1. The molecule has 0 bridgehead atoms. The molecule has 6 heteroatoms. The minimum absolute atomic E-state index is 0.183. The number of hydrogen-bond donors (Lipinski definition) is 1. The molecule has 0 fully saturated rings. The van der Waals surface area contributed by atoms with E-state index in [1.807, 2.05) is 66.7 Å². The highest BCUT2D eigenvalue weighted by Crippen LogP contribution is 2.35. The van der Waals surface area contributed by atoms with E-state index in [1.54, 1.807) is 6.07 Å². The van der Waals surface area contributed by atoms with Crippen LogP contribution in [0.25, 0.3) is 22.4 Å². The fourth-order valence-corrected chi connectivity index (χ4v) is 4.66. The first-order chi connectivity index (χ1) is 15.0. The fraction of sp³-hybridized carbons (Fsp3) is 0.120. The molecule has 0 atom stereocenters. The van der Waals surface area contributed by atoms with Gasteiger partial charge in [0.15, 0.2) is 5.13 Å². The molecule has 0 aliphatic rings. The van der Waals surface area contributed by atoms with Crippen molar-refractivity contribution in [2.75, 3.05) is 5.32 Å². The molecule has 4 aromatic rings. The lowest BCUT2D eigenvalue weighted by Crippen LogP contribution is -2.11. The number of nitrogens with one attached hydrogen (secondary N) is 1. The number of benzene rings is 3. The molecule has 0 spiro atoms. The van der Waals surface area contributed by atoms with Crippen LogP contribution in [0.2, 0.25) is 10.0 Å². The third-order valence-corrected chi connectivity index (χ3v) is 6.61. The van der Waals surface area contributed by atoms with E-state index in [9.17, 15) is 4.79 Å². The van der Waals surface area contributed by atoms with Crippen LogP contribution in [0.1, 0.15) is 28.6 Å². The zero-order valence-electron chi connectivity index (χ0n) is 16.9. The summed E-state index contributed by atoms with van der Waals surface area (Å²) >= 11 is 13.7. The Morgan fingerprint density at radius 3 is 2.26 bits per heavy atom. The Hall–Kier alpha value is -2.66. The molecule has 3 nitrogen and oxygen atoms in total. The van der Waals surface area contributed by atoms with Crippen molar-refractivity contribution in [1.82, 2.24) is 4.98 Å². The van der Waals surface area contributed by atoms with E-state index in [-0.39, 0.29) is 5.91 Å². The normalized spacial score (nSPS) is 10.8.